The maximum absolute atomic E-state index is 14.0. The highest BCUT2D eigenvalue weighted by Gasteiger charge is 2.20. The summed E-state index contributed by atoms with van der Waals surface area (Å²) < 4.78 is 14.0. The van der Waals surface area contributed by atoms with E-state index in [1.165, 1.54) is 18.2 Å². The molecule has 1 atom stereocenters. The Bertz CT molecular complexity index is 774. The van der Waals surface area contributed by atoms with E-state index in [9.17, 15) is 14.0 Å². The van der Waals surface area contributed by atoms with Gasteiger partial charge in [-0.1, -0.05) is 36.8 Å². The van der Waals surface area contributed by atoms with Crippen LogP contribution >= 0.6 is 0 Å². The molecule has 2 aromatic carbocycles. The summed E-state index contributed by atoms with van der Waals surface area (Å²) in [5.41, 5.74) is 1.36. The molecule has 1 fully saturated rings. The van der Waals surface area contributed by atoms with Gasteiger partial charge in [0.15, 0.2) is 0 Å². The Balaban J connectivity index is 1.63. The zero-order valence-corrected chi connectivity index (χ0v) is 14.4. The number of hydrogen-bond donors (Lipinski definition) is 3. The van der Waals surface area contributed by atoms with Gasteiger partial charge in [-0.25, -0.2) is 4.39 Å². The zero-order chi connectivity index (χ0) is 18.4. The van der Waals surface area contributed by atoms with Crippen LogP contribution in [0, 0.1) is 5.82 Å². The van der Waals surface area contributed by atoms with Gasteiger partial charge in [-0.2, -0.15) is 0 Å². The number of hydrogen-bond acceptors (Lipinski definition) is 3. The van der Waals surface area contributed by atoms with Crippen LogP contribution in [0.25, 0.3) is 0 Å². The third-order valence-electron chi connectivity index (χ3n) is 4.34. The molecule has 1 heterocycles. The van der Waals surface area contributed by atoms with Crippen LogP contribution in [0.1, 0.15) is 24.8 Å². The first-order chi connectivity index (χ1) is 12.6. The molecule has 2 aromatic rings. The van der Waals surface area contributed by atoms with Crippen molar-refractivity contribution in [3.05, 3.63) is 59.9 Å². The van der Waals surface area contributed by atoms with Crippen molar-refractivity contribution >= 4 is 23.2 Å². The largest absolute Gasteiger partial charge is 0.325 e. The van der Waals surface area contributed by atoms with Gasteiger partial charge in [0.2, 0.25) is 11.8 Å². The number of nitrogens with one attached hydrogen (secondary N) is 3. The fraction of sp³-hybridized carbons (Fsp3) is 0.300. The molecule has 3 N–H and O–H groups in total. The molecule has 0 spiro atoms. The van der Waals surface area contributed by atoms with Crippen LogP contribution in [0.4, 0.5) is 15.8 Å². The highest BCUT2D eigenvalue weighted by molar-refractivity contribution is 5.97. The number of amides is 2. The molecular formula is C20H22FN3O2. The van der Waals surface area contributed by atoms with Gasteiger partial charge in [-0.3, -0.25) is 9.59 Å². The van der Waals surface area contributed by atoms with Crippen LogP contribution in [0.5, 0.6) is 0 Å². The molecule has 6 heteroatoms. The highest BCUT2D eigenvalue weighted by Crippen LogP contribution is 2.21. The van der Waals surface area contributed by atoms with Crippen LogP contribution in [0.2, 0.25) is 0 Å². The normalized spacial score (nSPS) is 16.7. The first-order valence-corrected chi connectivity index (χ1v) is 8.79. The number of anilines is 2. The third-order valence-corrected chi connectivity index (χ3v) is 4.34. The SMILES string of the molecule is O=C(Cc1ccccc1)Nc1cc(NC(=O)C2CCCCN2)ccc1F. The van der Waals surface area contributed by atoms with E-state index >= 15 is 0 Å². The second-order valence-corrected chi connectivity index (χ2v) is 6.40. The summed E-state index contributed by atoms with van der Waals surface area (Å²) in [6.45, 7) is 0.822. The van der Waals surface area contributed by atoms with Crippen LogP contribution in [0.3, 0.4) is 0 Å². The lowest BCUT2D eigenvalue weighted by atomic mass is 10.0. The molecule has 0 aliphatic carbocycles. The maximum Gasteiger partial charge on any atom is 0.241 e. The standard InChI is InChI=1S/C20H22FN3O2/c21-16-10-9-15(23-20(26)17-8-4-5-11-22-17)13-18(16)24-19(25)12-14-6-2-1-3-7-14/h1-3,6-7,9-10,13,17,22H,4-5,8,11-12H2,(H,23,26)(H,24,25). The minimum atomic E-state index is -0.541. The van der Waals surface area contributed by atoms with Crippen molar-refractivity contribution in [2.75, 3.05) is 17.2 Å². The number of carbonyl (C=O) groups is 2. The van der Waals surface area contributed by atoms with Gasteiger partial charge >= 0.3 is 0 Å². The molecule has 0 aromatic heterocycles. The lowest BCUT2D eigenvalue weighted by molar-refractivity contribution is -0.118. The Morgan fingerprint density at radius 3 is 2.62 bits per heavy atom. The molecule has 1 aliphatic heterocycles. The molecule has 0 bridgehead atoms. The monoisotopic (exact) mass is 355 g/mol. The Morgan fingerprint density at radius 1 is 1.08 bits per heavy atom. The fourth-order valence-electron chi connectivity index (χ4n) is 2.98. The van der Waals surface area contributed by atoms with Crippen molar-refractivity contribution in [3.63, 3.8) is 0 Å². The van der Waals surface area contributed by atoms with Crippen molar-refractivity contribution < 1.29 is 14.0 Å². The second-order valence-electron chi connectivity index (χ2n) is 6.40. The summed E-state index contributed by atoms with van der Waals surface area (Å²) in [7, 11) is 0. The highest BCUT2D eigenvalue weighted by atomic mass is 19.1. The van der Waals surface area contributed by atoms with Gasteiger partial charge in [-0.05, 0) is 43.1 Å². The summed E-state index contributed by atoms with van der Waals surface area (Å²) in [5, 5.41) is 8.52. The Kier molecular flexibility index (Phi) is 5.96. The lowest BCUT2D eigenvalue weighted by Crippen LogP contribution is -2.43. The van der Waals surface area contributed by atoms with Gasteiger partial charge in [-0.15, -0.1) is 0 Å². The van der Waals surface area contributed by atoms with Crippen LogP contribution in [-0.4, -0.2) is 24.4 Å². The number of piperidine rings is 1. The number of benzene rings is 2. The average Bonchev–Trinajstić information content (AvgIpc) is 2.66. The van der Waals surface area contributed by atoms with Gasteiger partial charge in [0.25, 0.3) is 0 Å². The molecule has 26 heavy (non-hydrogen) atoms. The van der Waals surface area contributed by atoms with Gasteiger partial charge in [0.1, 0.15) is 5.82 Å². The van der Waals surface area contributed by atoms with E-state index in [0.29, 0.717) is 5.69 Å². The van der Waals surface area contributed by atoms with Crippen LogP contribution < -0.4 is 16.0 Å². The molecule has 1 aliphatic rings. The minimum Gasteiger partial charge on any atom is -0.325 e. The average molecular weight is 355 g/mol. The van der Waals surface area contributed by atoms with Crippen molar-refractivity contribution in [1.82, 2.24) is 5.32 Å². The summed E-state index contributed by atoms with van der Waals surface area (Å²) in [6, 6.07) is 13.2. The molecule has 0 radical (unpaired) electrons. The van der Waals surface area contributed by atoms with E-state index in [1.54, 1.807) is 0 Å². The zero-order valence-electron chi connectivity index (χ0n) is 14.4. The molecular weight excluding hydrogens is 333 g/mol. The summed E-state index contributed by atoms with van der Waals surface area (Å²) >= 11 is 0. The third kappa shape index (κ3) is 4.89. The molecule has 0 saturated carbocycles. The lowest BCUT2D eigenvalue weighted by Gasteiger charge is -2.22. The molecule has 2 amide bonds. The number of rotatable bonds is 5. The van der Waals surface area contributed by atoms with E-state index in [2.05, 4.69) is 16.0 Å². The summed E-state index contributed by atoms with van der Waals surface area (Å²) in [5.74, 6) is -0.995. The molecule has 1 saturated heterocycles. The van der Waals surface area contributed by atoms with Gasteiger partial charge in [0, 0.05) is 5.69 Å². The van der Waals surface area contributed by atoms with Crippen molar-refractivity contribution in [3.8, 4) is 0 Å². The van der Waals surface area contributed by atoms with Crippen molar-refractivity contribution in [2.24, 2.45) is 0 Å². The van der Waals surface area contributed by atoms with E-state index in [4.69, 9.17) is 0 Å². The minimum absolute atomic E-state index is 0.0559. The van der Waals surface area contributed by atoms with Gasteiger partial charge < -0.3 is 16.0 Å². The van der Waals surface area contributed by atoms with E-state index in [0.717, 1.165) is 31.4 Å². The first kappa shape index (κ1) is 18.1. The van der Waals surface area contributed by atoms with Crippen LogP contribution in [0.15, 0.2) is 48.5 Å². The Hall–Kier alpha value is -2.73. The molecule has 3 rings (SSSR count). The summed E-state index contributed by atoms with van der Waals surface area (Å²) in [6.07, 6.45) is 3.02. The number of halogens is 1. The quantitative estimate of drug-likeness (QED) is 0.772. The molecule has 5 nitrogen and oxygen atoms in total. The van der Waals surface area contributed by atoms with E-state index in [1.807, 2.05) is 30.3 Å². The molecule has 136 valence electrons. The Morgan fingerprint density at radius 2 is 1.88 bits per heavy atom. The van der Waals surface area contributed by atoms with Crippen LogP contribution in [-0.2, 0) is 16.0 Å². The first-order valence-electron chi connectivity index (χ1n) is 8.79. The topological polar surface area (TPSA) is 70.2 Å². The van der Waals surface area contributed by atoms with E-state index in [-0.39, 0.29) is 30.0 Å². The van der Waals surface area contributed by atoms with Gasteiger partial charge in [0.05, 0.1) is 18.2 Å². The van der Waals surface area contributed by atoms with Crippen molar-refractivity contribution in [2.45, 2.75) is 31.7 Å². The second kappa shape index (κ2) is 8.58. The maximum atomic E-state index is 14.0. The summed E-state index contributed by atoms with van der Waals surface area (Å²) in [4.78, 5) is 24.4. The fourth-order valence-corrected chi connectivity index (χ4v) is 2.98. The van der Waals surface area contributed by atoms with E-state index < -0.39 is 5.82 Å². The number of carbonyl (C=O) groups excluding carboxylic acids is 2. The predicted molar refractivity (Wildman–Crippen MR) is 99.4 cm³/mol. The predicted octanol–water partition coefficient (Wildman–Crippen LogP) is 3.09. The molecule has 1 unspecified atom stereocenters. The Labute approximate surface area is 152 Å². The smallest absolute Gasteiger partial charge is 0.241 e. The van der Waals surface area contributed by atoms with Crippen molar-refractivity contribution in [1.29, 1.82) is 0 Å².